The number of hydrogen-bond donors (Lipinski definition) is 1. The van der Waals surface area contributed by atoms with E-state index in [0.717, 1.165) is 15.6 Å². The Morgan fingerprint density at radius 1 is 1.22 bits per heavy atom. The fourth-order valence-electron chi connectivity index (χ4n) is 2.40. The summed E-state index contributed by atoms with van der Waals surface area (Å²) < 4.78 is 8.56. The normalized spacial score (nSPS) is 10.9. The minimum atomic E-state index is -0.400. The van der Waals surface area contributed by atoms with Crippen LogP contribution in [0, 0.1) is 0 Å². The fraction of sp³-hybridized carbons (Fsp3) is 0.105. The summed E-state index contributed by atoms with van der Waals surface area (Å²) in [5, 5.41) is 8.32. The van der Waals surface area contributed by atoms with Gasteiger partial charge in [0.2, 0.25) is 0 Å². The summed E-state index contributed by atoms with van der Waals surface area (Å²) in [4.78, 5) is 12.4. The average Bonchev–Trinajstić information content (AvgIpc) is 3.04. The van der Waals surface area contributed by atoms with Gasteiger partial charge in [-0.05, 0) is 45.8 Å². The van der Waals surface area contributed by atoms with Gasteiger partial charge in [0.1, 0.15) is 5.75 Å². The highest BCUT2D eigenvalue weighted by molar-refractivity contribution is 9.10. The standard InChI is InChI=1S/C19H16Br2N4O2/c1-27-17-5-3-2-4-14(17)10-22-23-19(26)18-16(21)12-25(24-18)11-13-6-8-15(20)9-7-13/h2-10,12H,11H2,1H3,(H,23,26)/b22-10+. The van der Waals surface area contributed by atoms with E-state index in [1.54, 1.807) is 18.0 Å². The number of halogens is 2. The van der Waals surface area contributed by atoms with Gasteiger partial charge in [-0.1, -0.05) is 40.2 Å². The van der Waals surface area contributed by atoms with Crippen LogP contribution < -0.4 is 10.2 Å². The van der Waals surface area contributed by atoms with Gasteiger partial charge in [0, 0.05) is 16.2 Å². The maximum atomic E-state index is 12.4. The molecule has 0 aliphatic rings. The van der Waals surface area contributed by atoms with E-state index in [0.29, 0.717) is 16.8 Å². The third-order valence-corrected chi connectivity index (χ3v) is 4.81. The maximum absolute atomic E-state index is 12.4. The number of hydrazone groups is 1. The molecule has 27 heavy (non-hydrogen) atoms. The second kappa shape index (κ2) is 8.96. The lowest BCUT2D eigenvalue weighted by Gasteiger charge is -2.03. The van der Waals surface area contributed by atoms with Crippen LogP contribution in [0.3, 0.4) is 0 Å². The number of rotatable bonds is 6. The van der Waals surface area contributed by atoms with Crippen LogP contribution in [-0.2, 0) is 6.54 Å². The molecule has 0 radical (unpaired) electrons. The molecule has 0 unspecified atom stereocenters. The molecule has 3 aromatic rings. The molecule has 1 amide bonds. The molecule has 3 rings (SSSR count). The fourth-order valence-corrected chi connectivity index (χ4v) is 3.16. The van der Waals surface area contributed by atoms with Gasteiger partial charge in [0.05, 0.1) is 24.3 Å². The summed E-state index contributed by atoms with van der Waals surface area (Å²) in [7, 11) is 1.58. The van der Waals surface area contributed by atoms with E-state index in [-0.39, 0.29) is 5.69 Å². The number of amides is 1. The summed E-state index contributed by atoms with van der Waals surface area (Å²) in [6.45, 7) is 0.559. The zero-order valence-electron chi connectivity index (χ0n) is 14.4. The van der Waals surface area contributed by atoms with Crippen molar-refractivity contribution in [2.75, 3.05) is 7.11 Å². The lowest BCUT2D eigenvalue weighted by atomic mass is 10.2. The Morgan fingerprint density at radius 3 is 2.70 bits per heavy atom. The predicted octanol–water partition coefficient (Wildman–Crippen LogP) is 4.23. The van der Waals surface area contributed by atoms with E-state index in [1.807, 2.05) is 48.5 Å². The van der Waals surface area contributed by atoms with E-state index < -0.39 is 5.91 Å². The highest BCUT2D eigenvalue weighted by Gasteiger charge is 2.15. The Balaban J connectivity index is 1.67. The van der Waals surface area contributed by atoms with Gasteiger partial charge in [-0.25, -0.2) is 5.43 Å². The highest BCUT2D eigenvalue weighted by Crippen LogP contribution is 2.17. The van der Waals surface area contributed by atoms with Crippen molar-refractivity contribution >= 4 is 44.0 Å². The van der Waals surface area contributed by atoms with Crippen molar-refractivity contribution in [3.8, 4) is 5.75 Å². The molecule has 1 aromatic heterocycles. The van der Waals surface area contributed by atoms with Gasteiger partial charge in [-0.2, -0.15) is 10.2 Å². The lowest BCUT2D eigenvalue weighted by molar-refractivity contribution is 0.0948. The SMILES string of the molecule is COc1ccccc1/C=N/NC(=O)c1nn(Cc2ccc(Br)cc2)cc1Br. The van der Waals surface area contributed by atoms with Crippen molar-refractivity contribution < 1.29 is 9.53 Å². The summed E-state index contributed by atoms with van der Waals surface area (Å²) in [5.41, 5.74) is 4.60. The molecule has 138 valence electrons. The van der Waals surface area contributed by atoms with E-state index in [4.69, 9.17) is 4.74 Å². The number of nitrogens with zero attached hydrogens (tertiary/aromatic N) is 3. The first-order chi connectivity index (χ1) is 13.1. The number of aromatic nitrogens is 2. The third-order valence-electron chi connectivity index (χ3n) is 3.70. The minimum absolute atomic E-state index is 0.268. The summed E-state index contributed by atoms with van der Waals surface area (Å²) in [6.07, 6.45) is 3.30. The second-order valence-corrected chi connectivity index (χ2v) is 7.36. The van der Waals surface area contributed by atoms with Crippen LogP contribution in [-0.4, -0.2) is 29.0 Å². The maximum Gasteiger partial charge on any atom is 0.293 e. The smallest absolute Gasteiger partial charge is 0.293 e. The molecule has 0 aliphatic carbocycles. The van der Waals surface area contributed by atoms with Crippen LogP contribution in [0.25, 0.3) is 0 Å². The lowest BCUT2D eigenvalue weighted by Crippen LogP contribution is -2.19. The van der Waals surface area contributed by atoms with E-state index in [9.17, 15) is 4.79 Å². The molecule has 1 N–H and O–H groups in total. The minimum Gasteiger partial charge on any atom is -0.496 e. The molecule has 0 fully saturated rings. The Kier molecular flexibility index (Phi) is 6.41. The molecule has 0 saturated carbocycles. The van der Waals surface area contributed by atoms with Gasteiger partial charge < -0.3 is 4.74 Å². The van der Waals surface area contributed by atoms with Crippen LogP contribution in [0.2, 0.25) is 0 Å². The van der Waals surface area contributed by atoms with Crippen molar-refractivity contribution in [3.05, 3.63) is 80.5 Å². The Bertz CT molecular complexity index is 968. The first kappa shape index (κ1) is 19.3. The van der Waals surface area contributed by atoms with E-state index in [1.165, 1.54) is 6.21 Å². The zero-order chi connectivity index (χ0) is 19.2. The second-order valence-electron chi connectivity index (χ2n) is 5.59. The Labute approximate surface area is 173 Å². The number of carbonyl (C=O) groups excluding carboxylic acids is 1. The van der Waals surface area contributed by atoms with Gasteiger partial charge in [-0.3, -0.25) is 9.48 Å². The number of nitrogens with one attached hydrogen (secondary N) is 1. The molecule has 0 atom stereocenters. The summed E-state index contributed by atoms with van der Waals surface area (Å²) in [6, 6.07) is 15.3. The monoisotopic (exact) mass is 490 g/mol. The molecular weight excluding hydrogens is 476 g/mol. The van der Waals surface area contributed by atoms with Gasteiger partial charge in [-0.15, -0.1) is 0 Å². The van der Waals surface area contributed by atoms with Crippen molar-refractivity contribution in [1.29, 1.82) is 0 Å². The summed E-state index contributed by atoms with van der Waals surface area (Å²) >= 11 is 6.79. The topological polar surface area (TPSA) is 68.5 Å². The van der Waals surface area contributed by atoms with Crippen LogP contribution in [0.4, 0.5) is 0 Å². The quantitative estimate of drug-likeness (QED) is 0.414. The van der Waals surface area contributed by atoms with Crippen molar-refractivity contribution in [1.82, 2.24) is 15.2 Å². The predicted molar refractivity (Wildman–Crippen MR) is 111 cm³/mol. The van der Waals surface area contributed by atoms with Crippen molar-refractivity contribution in [2.24, 2.45) is 5.10 Å². The van der Waals surface area contributed by atoms with Crippen LogP contribution in [0.5, 0.6) is 5.75 Å². The first-order valence-corrected chi connectivity index (χ1v) is 9.59. The van der Waals surface area contributed by atoms with Crippen LogP contribution >= 0.6 is 31.9 Å². The van der Waals surface area contributed by atoms with Gasteiger partial charge >= 0.3 is 0 Å². The Hall–Kier alpha value is -2.45. The number of para-hydroxylation sites is 1. The number of methoxy groups -OCH3 is 1. The van der Waals surface area contributed by atoms with Crippen molar-refractivity contribution in [2.45, 2.75) is 6.54 Å². The molecule has 0 spiro atoms. The number of benzene rings is 2. The van der Waals surface area contributed by atoms with Gasteiger partial charge in [0.25, 0.3) is 5.91 Å². The molecule has 2 aromatic carbocycles. The van der Waals surface area contributed by atoms with Gasteiger partial charge in [0.15, 0.2) is 5.69 Å². The van der Waals surface area contributed by atoms with Crippen molar-refractivity contribution in [3.63, 3.8) is 0 Å². The molecule has 0 saturated heterocycles. The zero-order valence-corrected chi connectivity index (χ0v) is 17.6. The third kappa shape index (κ3) is 5.05. The van der Waals surface area contributed by atoms with Crippen LogP contribution in [0.1, 0.15) is 21.6 Å². The molecule has 0 bridgehead atoms. The summed E-state index contributed by atoms with van der Waals surface area (Å²) in [5.74, 6) is 0.276. The van der Waals surface area contributed by atoms with Crippen LogP contribution in [0.15, 0.2) is 68.8 Å². The number of carbonyl (C=O) groups is 1. The van der Waals surface area contributed by atoms with E-state index >= 15 is 0 Å². The Morgan fingerprint density at radius 2 is 1.96 bits per heavy atom. The molecule has 0 aliphatic heterocycles. The number of ether oxygens (including phenoxy) is 1. The number of hydrogen-bond acceptors (Lipinski definition) is 4. The highest BCUT2D eigenvalue weighted by atomic mass is 79.9. The largest absolute Gasteiger partial charge is 0.496 e. The molecular formula is C19H16Br2N4O2. The molecule has 1 heterocycles. The average molecular weight is 492 g/mol. The first-order valence-electron chi connectivity index (χ1n) is 8.00. The van der Waals surface area contributed by atoms with E-state index in [2.05, 4.69) is 47.5 Å². The molecule has 6 nitrogen and oxygen atoms in total. The molecule has 8 heteroatoms.